The van der Waals surface area contributed by atoms with E-state index in [9.17, 15) is 14.0 Å². The molecule has 5 rings (SSSR count). The van der Waals surface area contributed by atoms with Gasteiger partial charge >= 0.3 is 0 Å². The molecule has 3 aliphatic carbocycles. The van der Waals surface area contributed by atoms with Gasteiger partial charge < -0.3 is 20.7 Å². The van der Waals surface area contributed by atoms with E-state index in [4.69, 9.17) is 16.3 Å². The number of hydrogen-bond donors (Lipinski definition) is 3. The predicted octanol–water partition coefficient (Wildman–Crippen LogP) is 5.30. The molecule has 37 heavy (non-hydrogen) atoms. The molecule has 2 atom stereocenters. The molecule has 1 aromatic carbocycles. The molecule has 3 saturated carbocycles. The molecule has 2 unspecified atom stereocenters. The van der Waals surface area contributed by atoms with Crippen LogP contribution >= 0.6 is 11.6 Å². The van der Waals surface area contributed by atoms with Gasteiger partial charge in [-0.05, 0) is 82.4 Å². The zero-order valence-corrected chi connectivity index (χ0v) is 22.5. The molecule has 1 heterocycles. The number of nitrogens with one attached hydrogen (secondary N) is 3. The van der Waals surface area contributed by atoms with Gasteiger partial charge in [0.1, 0.15) is 11.6 Å². The second kappa shape index (κ2) is 12.6. The zero-order chi connectivity index (χ0) is 26.3. The number of unbranched alkanes of at least 4 members (excludes halogenated alkanes) is 4. The summed E-state index contributed by atoms with van der Waals surface area (Å²) in [5.74, 6) is 0.301. The molecule has 0 aromatic heterocycles. The Morgan fingerprint density at radius 1 is 1.16 bits per heavy atom. The van der Waals surface area contributed by atoms with Gasteiger partial charge in [0, 0.05) is 24.2 Å². The third kappa shape index (κ3) is 7.26. The second-order valence-electron chi connectivity index (χ2n) is 11.4. The van der Waals surface area contributed by atoms with Gasteiger partial charge in [-0.15, -0.1) is 6.58 Å². The highest BCUT2D eigenvalue weighted by molar-refractivity contribution is 6.30. The van der Waals surface area contributed by atoms with Crippen LogP contribution in [0, 0.1) is 17.2 Å². The van der Waals surface area contributed by atoms with E-state index in [1.165, 1.54) is 57.1 Å². The molecule has 3 N–H and O–H groups in total. The van der Waals surface area contributed by atoms with Gasteiger partial charge in [0.15, 0.2) is 6.61 Å². The van der Waals surface area contributed by atoms with Crippen LogP contribution in [0.5, 0.6) is 5.75 Å². The third-order valence-corrected chi connectivity index (χ3v) is 8.65. The number of amides is 2. The highest BCUT2D eigenvalue weighted by atomic mass is 35.5. The maximum atomic E-state index is 13.5. The van der Waals surface area contributed by atoms with E-state index in [0.29, 0.717) is 31.8 Å². The average molecular weight is 534 g/mol. The first-order valence-electron chi connectivity index (χ1n) is 13.8. The van der Waals surface area contributed by atoms with Crippen LogP contribution < -0.4 is 20.7 Å². The Balaban J connectivity index is 1.04. The number of halogens is 2. The molecule has 6 nitrogen and oxygen atoms in total. The summed E-state index contributed by atoms with van der Waals surface area (Å²) in [6.07, 6.45) is 15.1. The Bertz CT molecular complexity index is 944. The van der Waals surface area contributed by atoms with Gasteiger partial charge in [-0.3, -0.25) is 9.59 Å². The summed E-state index contributed by atoms with van der Waals surface area (Å²) >= 11 is 5.66. The summed E-state index contributed by atoms with van der Waals surface area (Å²) in [5.41, 5.74) is -0.626. The first-order chi connectivity index (χ1) is 17.8. The summed E-state index contributed by atoms with van der Waals surface area (Å²) < 4.78 is 18.9. The van der Waals surface area contributed by atoms with Crippen molar-refractivity contribution >= 4 is 23.4 Å². The van der Waals surface area contributed by atoms with E-state index < -0.39 is 5.82 Å². The Kier molecular flexibility index (Phi) is 9.51. The lowest BCUT2D eigenvalue weighted by Crippen LogP contribution is -2.78. The van der Waals surface area contributed by atoms with Gasteiger partial charge in [0.25, 0.3) is 5.91 Å². The molecular formula is C29H41ClFN3O3. The maximum Gasteiger partial charge on any atom is 0.258 e. The fourth-order valence-corrected chi connectivity index (χ4v) is 6.42. The van der Waals surface area contributed by atoms with E-state index in [0.717, 1.165) is 31.4 Å². The van der Waals surface area contributed by atoms with Crippen LogP contribution in [0.3, 0.4) is 0 Å². The SMILES string of the molecule is C=CCCCCCCC1CCC(CCNC(=O)C23CC(NC(=O)COc4ccc(Cl)c(F)c4)(C2)C3)NC1. The average Bonchev–Trinajstić information content (AvgIpc) is 2.84. The molecule has 2 amide bonds. The molecular weight excluding hydrogens is 493 g/mol. The number of benzene rings is 1. The van der Waals surface area contributed by atoms with Crippen LogP contribution in [0.2, 0.25) is 5.02 Å². The van der Waals surface area contributed by atoms with Crippen LogP contribution in [-0.2, 0) is 9.59 Å². The first-order valence-corrected chi connectivity index (χ1v) is 14.2. The highest BCUT2D eigenvalue weighted by Crippen LogP contribution is 2.67. The Morgan fingerprint density at radius 2 is 1.95 bits per heavy atom. The van der Waals surface area contributed by atoms with Crippen LogP contribution in [0.15, 0.2) is 30.9 Å². The summed E-state index contributed by atoms with van der Waals surface area (Å²) in [4.78, 5) is 25.1. The summed E-state index contributed by atoms with van der Waals surface area (Å²) in [6, 6.07) is 4.56. The topological polar surface area (TPSA) is 79.5 Å². The molecule has 1 aliphatic heterocycles. The summed E-state index contributed by atoms with van der Waals surface area (Å²) in [6.45, 7) is 5.36. The molecule has 4 fully saturated rings. The lowest BCUT2D eigenvalue weighted by Gasteiger charge is -2.69. The lowest BCUT2D eigenvalue weighted by molar-refractivity contribution is -0.183. The molecule has 0 spiro atoms. The molecule has 204 valence electrons. The second-order valence-corrected chi connectivity index (χ2v) is 11.8. The van der Waals surface area contributed by atoms with E-state index in [-0.39, 0.29) is 40.1 Å². The van der Waals surface area contributed by atoms with Crippen LogP contribution in [0.1, 0.15) is 77.0 Å². The number of ether oxygens (including phenoxy) is 1. The molecule has 8 heteroatoms. The van der Waals surface area contributed by atoms with Crippen molar-refractivity contribution in [3.63, 3.8) is 0 Å². The monoisotopic (exact) mass is 533 g/mol. The van der Waals surface area contributed by atoms with Crippen molar-refractivity contribution in [1.82, 2.24) is 16.0 Å². The zero-order valence-electron chi connectivity index (χ0n) is 21.8. The Labute approximate surface area is 225 Å². The first kappa shape index (κ1) is 27.9. The Morgan fingerprint density at radius 3 is 2.65 bits per heavy atom. The van der Waals surface area contributed by atoms with Gasteiger partial charge in [-0.25, -0.2) is 4.39 Å². The number of piperidine rings is 1. The van der Waals surface area contributed by atoms with Crippen molar-refractivity contribution in [1.29, 1.82) is 0 Å². The molecule has 1 aromatic rings. The highest BCUT2D eigenvalue weighted by Gasteiger charge is 2.72. The Hall–Kier alpha value is -2.12. The fraction of sp³-hybridized carbons (Fsp3) is 0.655. The smallest absolute Gasteiger partial charge is 0.258 e. The van der Waals surface area contributed by atoms with Gasteiger partial charge in [-0.2, -0.15) is 0 Å². The van der Waals surface area contributed by atoms with E-state index in [1.807, 2.05) is 6.08 Å². The lowest BCUT2D eigenvalue weighted by atomic mass is 9.39. The van der Waals surface area contributed by atoms with Crippen LogP contribution in [0.4, 0.5) is 4.39 Å². The summed E-state index contributed by atoms with van der Waals surface area (Å²) in [7, 11) is 0. The summed E-state index contributed by atoms with van der Waals surface area (Å²) in [5, 5.41) is 9.83. The molecule has 1 saturated heterocycles. The number of carbonyl (C=O) groups is 2. The van der Waals surface area contributed by atoms with Crippen molar-refractivity contribution in [3.8, 4) is 5.75 Å². The minimum absolute atomic E-state index is 0.00871. The predicted molar refractivity (Wildman–Crippen MR) is 144 cm³/mol. The van der Waals surface area contributed by atoms with Crippen LogP contribution in [0.25, 0.3) is 0 Å². The maximum absolute atomic E-state index is 13.5. The van der Waals surface area contributed by atoms with Crippen molar-refractivity contribution in [2.24, 2.45) is 11.3 Å². The number of carbonyl (C=O) groups excluding carboxylic acids is 2. The van der Waals surface area contributed by atoms with Gasteiger partial charge in [0.2, 0.25) is 5.91 Å². The number of hydrogen-bond acceptors (Lipinski definition) is 4. The minimum Gasteiger partial charge on any atom is -0.484 e. The fourth-order valence-electron chi connectivity index (χ4n) is 6.30. The van der Waals surface area contributed by atoms with Gasteiger partial charge in [-0.1, -0.05) is 36.9 Å². The van der Waals surface area contributed by atoms with Crippen molar-refractivity contribution in [3.05, 3.63) is 41.7 Å². The van der Waals surface area contributed by atoms with E-state index in [1.54, 1.807) is 0 Å². The third-order valence-electron chi connectivity index (χ3n) is 8.35. The largest absolute Gasteiger partial charge is 0.484 e. The molecule has 4 aliphatic rings. The van der Waals surface area contributed by atoms with E-state index in [2.05, 4.69) is 22.5 Å². The standard InChI is InChI=1S/C29H41ClFN3O3/c1-2-3-4-5-6-7-8-21-9-10-22(33-16-21)13-14-32-27(36)28-18-29(19-28,20-28)34-26(35)17-37-23-11-12-24(30)25(31)15-23/h2,11-12,15,21-22,33H,1,3-10,13-14,16-20H2,(H,32,36)(H,34,35). The van der Waals surface area contributed by atoms with Gasteiger partial charge in [0.05, 0.1) is 10.4 Å². The molecule has 0 radical (unpaired) electrons. The minimum atomic E-state index is -0.587. The van der Waals surface area contributed by atoms with Crippen molar-refractivity contribution < 1.29 is 18.7 Å². The molecule has 2 bridgehead atoms. The normalized spacial score (nSPS) is 27.9. The van der Waals surface area contributed by atoms with Crippen molar-refractivity contribution in [2.45, 2.75) is 88.6 Å². The van der Waals surface area contributed by atoms with Crippen LogP contribution in [-0.4, -0.2) is 43.1 Å². The van der Waals surface area contributed by atoms with Crippen molar-refractivity contribution in [2.75, 3.05) is 19.7 Å². The quantitative estimate of drug-likeness (QED) is 0.211. The number of rotatable bonds is 15. The number of allylic oxidation sites excluding steroid dienone is 1. The van der Waals surface area contributed by atoms with E-state index >= 15 is 0 Å².